The summed E-state index contributed by atoms with van der Waals surface area (Å²) in [5.41, 5.74) is 1.44. The molecule has 0 amide bonds. The van der Waals surface area contributed by atoms with E-state index in [1.54, 1.807) is 19.1 Å². The Bertz CT molecular complexity index is 737. The lowest BCUT2D eigenvalue weighted by Crippen LogP contribution is -2.22. The molecule has 4 N–H and O–H groups in total. The third-order valence-corrected chi connectivity index (χ3v) is 3.37. The van der Waals surface area contributed by atoms with E-state index in [1.807, 2.05) is 0 Å². The molecule has 1 atom stereocenters. The van der Waals surface area contributed by atoms with E-state index < -0.39 is 12.0 Å². The highest BCUT2D eigenvalue weighted by molar-refractivity contribution is 6.02. The van der Waals surface area contributed by atoms with Crippen LogP contribution in [0.25, 0.3) is 0 Å². The van der Waals surface area contributed by atoms with E-state index in [2.05, 4.69) is 4.99 Å². The quantitative estimate of drug-likeness (QED) is 0.633. The summed E-state index contributed by atoms with van der Waals surface area (Å²) in [4.78, 5) is 15.6. The van der Waals surface area contributed by atoms with Crippen molar-refractivity contribution in [2.75, 3.05) is 0 Å². The summed E-state index contributed by atoms with van der Waals surface area (Å²) >= 11 is 0. The van der Waals surface area contributed by atoms with E-state index in [0.29, 0.717) is 11.3 Å². The number of carboxylic acid groups (broad SMARTS) is 1. The van der Waals surface area contributed by atoms with Crippen molar-refractivity contribution in [1.82, 2.24) is 0 Å². The lowest BCUT2D eigenvalue weighted by molar-refractivity contribution is -0.138. The number of phenols is 3. The number of hydrogen-bond acceptors (Lipinski definition) is 5. The number of phenolic OH excluding ortho intramolecular Hbond substituents is 3. The molecule has 0 aliphatic rings. The molecule has 0 aromatic heterocycles. The normalized spacial score (nSPS) is 12.8. The Morgan fingerprint density at radius 3 is 2.22 bits per heavy atom. The van der Waals surface area contributed by atoms with E-state index in [-0.39, 0.29) is 23.7 Å². The molecule has 0 saturated carbocycles. The molecule has 2 aromatic carbocycles. The minimum atomic E-state index is -1.09. The summed E-state index contributed by atoms with van der Waals surface area (Å²) in [7, 11) is 0. The monoisotopic (exact) mass is 315 g/mol. The molecule has 2 rings (SSSR count). The van der Waals surface area contributed by atoms with Crippen molar-refractivity contribution < 1.29 is 25.2 Å². The zero-order chi connectivity index (χ0) is 17.0. The van der Waals surface area contributed by atoms with Crippen molar-refractivity contribution in [3.05, 3.63) is 53.6 Å². The summed E-state index contributed by atoms with van der Waals surface area (Å²) in [6.07, 6.45) is 0.159. The molecule has 120 valence electrons. The smallest absolute Gasteiger partial charge is 0.328 e. The largest absolute Gasteiger partial charge is 0.508 e. The van der Waals surface area contributed by atoms with E-state index >= 15 is 0 Å². The lowest BCUT2D eigenvalue weighted by atomic mass is 10.0. The number of benzene rings is 2. The van der Waals surface area contributed by atoms with Gasteiger partial charge in [-0.3, -0.25) is 4.99 Å². The van der Waals surface area contributed by atoms with Crippen molar-refractivity contribution in [2.24, 2.45) is 4.99 Å². The van der Waals surface area contributed by atoms with Gasteiger partial charge in [0.05, 0.1) is 0 Å². The summed E-state index contributed by atoms with van der Waals surface area (Å²) < 4.78 is 0. The minimum Gasteiger partial charge on any atom is -0.508 e. The molecular formula is C17H17NO5. The third-order valence-electron chi connectivity index (χ3n) is 3.37. The van der Waals surface area contributed by atoms with Crippen molar-refractivity contribution in [3.63, 3.8) is 0 Å². The van der Waals surface area contributed by atoms with Crippen molar-refractivity contribution in [3.8, 4) is 17.2 Å². The Hall–Kier alpha value is -3.02. The fraction of sp³-hybridized carbons (Fsp3) is 0.176. The Labute approximate surface area is 133 Å². The highest BCUT2D eigenvalue weighted by atomic mass is 16.4. The summed E-state index contributed by atoms with van der Waals surface area (Å²) in [6.45, 7) is 1.60. The van der Waals surface area contributed by atoms with Crippen LogP contribution in [0, 0.1) is 0 Å². The van der Waals surface area contributed by atoms with Gasteiger partial charge in [0.25, 0.3) is 0 Å². The number of carbonyl (C=O) groups is 1. The Kier molecular flexibility index (Phi) is 4.85. The lowest BCUT2D eigenvalue weighted by Gasteiger charge is -2.11. The van der Waals surface area contributed by atoms with E-state index in [4.69, 9.17) is 0 Å². The molecule has 0 aliphatic heterocycles. The molecule has 0 heterocycles. The van der Waals surface area contributed by atoms with Gasteiger partial charge < -0.3 is 20.4 Å². The van der Waals surface area contributed by atoms with Gasteiger partial charge in [0, 0.05) is 23.8 Å². The van der Waals surface area contributed by atoms with Crippen LogP contribution >= 0.6 is 0 Å². The van der Waals surface area contributed by atoms with Crippen LogP contribution in [0.2, 0.25) is 0 Å². The maximum absolute atomic E-state index is 11.4. The fourth-order valence-electron chi connectivity index (χ4n) is 2.17. The van der Waals surface area contributed by atoms with E-state index in [1.165, 1.54) is 30.3 Å². The fourth-order valence-corrected chi connectivity index (χ4v) is 2.17. The van der Waals surface area contributed by atoms with Crippen LogP contribution < -0.4 is 0 Å². The second kappa shape index (κ2) is 6.83. The van der Waals surface area contributed by atoms with E-state index in [0.717, 1.165) is 5.56 Å². The average molecular weight is 315 g/mol. The maximum Gasteiger partial charge on any atom is 0.328 e. The van der Waals surface area contributed by atoms with Crippen LogP contribution in [0.3, 0.4) is 0 Å². The molecule has 2 aromatic rings. The standard InChI is InChI=1S/C17H17NO5/c1-10(14-7-6-13(20)9-16(14)21)18-15(17(22)23)8-11-2-4-12(19)5-3-11/h2-7,9,15,19-21H,8H2,1H3,(H,22,23)/b18-10+. The molecule has 0 saturated heterocycles. The molecule has 6 heteroatoms. The molecular weight excluding hydrogens is 298 g/mol. The van der Waals surface area contributed by atoms with Gasteiger partial charge in [-0.15, -0.1) is 0 Å². The van der Waals surface area contributed by atoms with Gasteiger partial charge in [0.15, 0.2) is 6.04 Å². The van der Waals surface area contributed by atoms with Crippen molar-refractivity contribution in [2.45, 2.75) is 19.4 Å². The van der Waals surface area contributed by atoms with Gasteiger partial charge in [0.1, 0.15) is 17.2 Å². The first-order valence-electron chi connectivity index (χ1n) is 6.94. The number of aliphatic imine (C=N–C) groups is 1. The molecule has 0 radical (unpaired) electrons. The first kappa shape index (κ1) is 16.4. The maximum atomic E-state index is 11.4. The zero-order valence-corrected chi connectivity index (χ0v) is 12.5. The number of carboxylic acids is 1. The van der Waals surface area contributed by atoms with Crippen molar-refractivity contribution in [1.29, 1.82) is 0 Å². The summed E-state index contributed by atoms with van der Waals surface area (Å²) in [6, 6.07) is 9.25. The third kappa shape index (κ3) is 4.23. The van der Waals surface area contributed by atoms with Crippen LogP contribution in [0.15, 0.2) is 47.5 Å². The van der Waals surface area contributed by atoms with Gasteiger partial charge in [-0.25, -0.2) is 4.79 Å². The molecule has 0 spiro atoms. The van der Waals surface area contributed by atoms with Gasteiger partial charge in [-0.2, -0.15) is 0 Å². The second-order valence-electron chi connectivity index (χ2n) is 5.14. The van der Waals surface area contributed by atoms with Crippen LogP contribution in [0.1, 0.15) is 18.1 Å². The molecule has 0 aliphatic carbocycles. The SMILES string of the molecule is C/C(=N\C(Cc1ccc(O)cc1)C(=O)O)c1ccc(O)cc1O. The van der Waals surface area contributed by atoms with Crippen LogP contribution in [-0.4, -0.2) is 38.1 Å². The van der Waals surface area contributed by atoms with E-state index in [9.17, 15) is 25.2 Å². The molecule has 23 heavy (non-hydrogen) atoms. The predicted octanol–water partition coefficient (Wildman–Crippen LogP) is 2.31. The number of hydrogen-bond donors (Lipinski definition) is 4. The minimum absolute atomic E-state index is 0.0853. The Morgan fingerprint density at radius 1 is 1.04 bits per heavy atom. The molecule has 0 bridgehead atoms. The van der Waals surface area contributed by atoms with Gasteiger partial charge in [0.2, 0.25) is 0 Å². The summed E-state index contributed by atoms with van der Waals surface area (Å²) in [5, 5.41) is 37.7. The predicted molar refractivity (Wildman–Crippen MR) is 85.2 cm³/mol. The first-order valence-corrected chi connectivity index (χ1v) is 6.94. The van der Waals surface area contributed by atoms with Crippen LogP contribution in [0.5, 0.6) is 17.2 Å². The second-order valence-corrected chi connectivity index (χ2v) is 5.14. The number of aliphatic carboxylic acids is 1. The van der Waals surface area contributed by atoms with Gasteiger partial charge in [-0.1, -0.05) is 12.1 Å². The topological polar surface area (TPSA) is 110 Å². The van der Waals surface area contributed by atoms with Crippen molar-refractivity contribution >= 4 is 11.7 Å². The Balaban J connectivity index is 2.26. The van der Waals surface area contributed by atoms with Gasteiger partial charge in [-0.05, 0) is 36.8 Å². The van der Waals surface area contributed by atoms with Crippen LogP contribution in [0.4, 0.5) is 0 Å². The average Bonchev–Trinajstić information content (AvgIpc) is 2.48. The number of aromatic hydroxyl groups is 3. The first-order chi connectivity index (χ1) is 10.9. The zero-order valence-electron chi connectivity index (χ0n) is 12.5. The number of rotatable bonds is 5. The van der Waals surface area contributed by atoms with Gasteiger partial charge >= 0.3 is 5.97 Å². The Morgan fingerprint density at radius 2 is 1.65 bits per heavy atom. The highest BCUT2D eigenvalue weighted by Crippen LogP contribution is 2.23. The summed E-state index contributed by atoms with van der Waals surface area (Å²) in [5.74, 6) is -1.23. The molecule has 1 unspecified atom stereocenters. The highest BCUT2D eigenvalue weighted by Gasteiger charge is 2.18. The molecule has 6 nitrogen and oxygen atoms in total. The molecule has 0 fully saturated rings. The number of nitrogens with zero attached hydrogens (tertiary/aromatic N) is 1. The van der Waals surface area contributed by atoms with Crippen LogP contribution in [-0.2, 0) is 11.2 Å².